The lowest BCUT2D eigenvalue weighted by atomic mass is 10.2. The van der Waals surface area contributed by atoms with Gasteiger partial charge in [-0.15, -0.1) is 0 Å². The van der Waals surface area contributed by atoms with Crippen molar-refractivity contribution in [2.45, 2.75) is 0 Å². The molecule has 3 rings (SSSR count). The second-order valence-electron chi connectivity index (χ2n) is 5.09. The third-order valence-corrected chi connectivity index (χ3v) is 3.55. The Morgan fingerprint density at radius 3 is 2.56 bits per heavy atom. The number of ether oxygens (including phenoxy) is 1. The molecule has 2 N–H and O–H groups in total. The fourth-order valence-corrected chi connectivity index (χ4v) is 2.33. The van der Waals surface area contributed by atoms with Crippen LogP contribution in [0.4, 0.5) is 23.1 Å². The molecule has 0 saturated heterocycles. The minimum absolute atomic E-state index is 0.379. The van der Waals surface area contributed by atoms with Crippen molar-refractivity contribution in [2.24, 2.45) is 0 Å². The van der Waals surface area contributed by atoms with Crippen molar-refractivity contribution in [3.63, 3.8) is 0 Å². The van der Waals surface area contributed by atoms with Crippen LogP contribution < -0.4 is 10.6 Å². The summed E-state index contributed by atoms with van der Waals surface area (Å²) in [5, 5.41) is 6.89. The fourth-order valence-electron chi connectivity index (χ4n) is 2.14. The van der Waals surface area contributed by atoms with E-state index in [0.29, 0.717) is 22.4 Å². The van der Waals surface area contributed by atoms with Gasteiger partial charge in [-0.2, -0.15) is 4.98 Å². The van der Waals surface area contributed by atoms with E-state index in [4.69, 9.17) is 11.6 Å². The number of hydrogen-bond acceptors (Lipinski definition) is 6. The highest BCUT2D eigenvalue weighted by Gasteiger charge is 2.05. The summed E-state index contributed by atoms with van der Waals surface area (Å²) >= 11 is 5.98. The Morgan fingerprint density at radius 1 is 1.04 bits per heavy atom. The molecule has 0 amide bonds. The molecule has 0 radical (unpaired) electrons. The standard InChI is InChI=1S/C18H15ClN4O2/c1-25-17(24)12-5-7-14(8-6-12)22-18-20-10-9-16(23-18)21-15-4-2-3-13(19)11-15/h2-11H,1H3,(H2,20,21,22,23). The zero-order valence-corrected chi connectivity index (χ0v) is 14.1. The Bertz CT molecular complexity index is 884. The van der Waals surface area contributed by atoms with E-state index >= 15 is 0 Å². The highest BCUT2D eigenvalue weighted by molar-refractivity contribution is 6.30. The second-order valence-corrected chi connectivity index (χ2v) is 5.53. The molecule has 0 aliphatic heterocycles. The third-order valence-electron chi connectivity index (χ3n) is 3.31. The van der Waals surface area contributed by atoms with Gasteiger partial charge in [0, 0.05) is 22.6 Å². The molecule has 25 heavy (non-hydrogen) atoms. The number of nitrogens with one attached hydrogen (secondary N) is 2. The van der Waals surface area contributed by atoms with E-state index in [-0.39, 0.29) is 5.97 Å². The number of methoxy groups -OCH3 is 1. The number of hydrogen-bond donors (Lipinski definition) is 2. The number of rotatable bonds is 5. The van der Waals surface area contributed by atoms with E-state index in [1.165, 1.54) is 7.11 Å². The van der Waals surface area contributed by atoms with Gasteiger partial charge in [0.25, 0.3) is 0 Å². The van der Waals surface area contributed by atoms with E-state index in [1.54, 1.807) is 42.6 Å². The Labute approximate surface area is 149 Å². The molecule has 0 saturated carbocycles. The number of aromatic nitrogens is 2. The molecule has 7 heteroatoms. The van der Waals surface area contributed by atoms with E-state index in [2.05, 4.69) is 25.3 Å². The predicted octanol–water partition coefficient (Wildman–Crippen LogP) is 4.40. The van der Waals surface area contributed by atoms with Crippen molar-refractivity contribution in [3.05, 3.63) is 71.4 Å². The van der Waals surface area contributed by atoms with Gasteiger partial charge in [0.15, 0.2) is 0 Å². The van der Waals surface area contributed by atoms with Crippen molar-refractivity contribution in [1.29, 1.82) is 0 Å². The highest BCUT2D eigenvalue weighted by Crippen LogP contribution is 2.20. The summed E-state index contributed by atoms with van der Waals surface area (Å²) in [6.07, 6.45) is 1.64. The van der Waals surface area contributed by atoms with Crippen LogP contribution in [0, 0.1) is 0 Å². The lowest BCUT2D eigenvalue weighted by molar-refractivity contribution is 0.0601. The largest absolute Gasteiger partial charge is 0.465 e. The lowest BCUT2D eigenvalue weighted by Gasteiger charge is -2.09. The number of carbonyl (C=O) groups excluding carboxylic acids is 1. The minimum atomic E-state index is -0.379. The summed E-state index contributed by atoms with van der Waals surface area (Å²) in [7, 11) is 1.35. The first-order chi connectivity index (χ1) is 12.1. The second kappa shape index (κ2) is 7.63. The number of anilines is 4. The van der Waals surface area contributed by atoms with Crippen LogP contribution in [0.3, 0.4) is 0 Å². The SMILES string of the molecule is COC(=O)c1ccc(Nc2nccc(Nc3cccc(Cl)c3)n2)cc1. The zero-order valence-electron chi connectivity index (χ0n) is 13.4. The fraction of sp³-hybridized carbons (Fsp3) is 0.0556. The maximum absolute atomic E-state index is 11.4. The van der Waals surface area contributed by atoms with Crippen LogP contribution in [0.2, 0.25) is 5.02 Å². The summed E-state index contributed by atoms with van der Waals surface area (Å²) in [6, 6.07) is 16.0. The molecule has 0 bridgehead atoms. The summed E-state index contributed by atoms with van der Waals surface area (Å²) in [5.74, 6) is 0.680. The zero-order chi connectivity index (χ0) is 17.6. The predicted molar refractivity (Wildman–Crippen MR) is 97.8 cm³/mol. The van der Waals surface area contributed by atoms with Crippen LogP contribution in [-0.2, 0) is 4.74 Å². The molecule has 6 nitrogen and oxygen atoms in total. The molecule has 0 atom stereocenters. The lowest BCUT2D eigenvalue weighted by Crippen LogP contribution is -2.02. The smallest absolute Gasteiger partial charge is 0.337 e. The van der Waals surface area contributed by atoms with Crippen LogP contribution in [0.25, 0.3) is 0 Å². The van der Waals surface area contributed by atoms with Gasteiger partial charge in [0.05, 0.1) is 12.7 Å². The molecule has 0 fully saturated rings. The Morgan fingerprint density at radius 2 is 1.84 bits per heavy atom. The topological polar surface area (TPSA) is 76.1 Å². The van der Waals surface area contributed by atoms with Gasteiger partial charge < -0.3 is 15.4 Å². The molecule has 126 valence electrons. The molecule has 0 spiro atoms. The van der Waals surface area contributed by atoms with Crippen LogP contribution in [0.5, 0.6) is 0 Å². The van der Waals surface area contributed by atoms with Crippen LogP contribution in [0.1, 0.15) is 10.4 Å². The van der Waals surface area contributed by atoms with E-state index in [0.717, 1.165) is 11.4 Å². The van der Waals surface area contributed by atoms with E-state index in [9.17, 15) is 4.79 Å². The van der Waals surface area contributed by atoms with Crippen molar-refractivity contribution in [3.8, 4) is 0 Å². The Hall–Kier alpha value is -3.12. The van der Waals surface area contributed by atoms with Gasteiger partial charge >= 0.3 is 5.97 Å². The maximum Gasteiger partial charge on any atom is 0.337 e. The maximum atomic E-state index is 11.4. The summed E-state index contributed by atoms with van der Waals surface area (Å²) in [6.45, 7) is 0. The number of halogens is 1. The summed E-state index contributed by atoms with van der Waals surface area (Å²) in [5.41, 5.74) is 2.07. The third kappa shape index (κ3) is 4.45. The van der Waals surface area contributed by atoms with E-state index < -0.39 is 0 Å². The van der Waals surface area contributed by atoms with Gasteiger partial charge in [0.2, 0.25) is 5.95 Å². The summed E-state index contributed by atoms with van der Waals surface area (Å²) < 4.78 is 4.67. The van der Waals surface area contributed by atoms with Crippen molar-refractivity contribution >= 4 is 40.7 Å². The summed E-state index contributed by atoms with van der Waals surface area (Å²) in [4.78, 5) is 20.0. The average Bonchev–Trinajstić information content (AvgIpc) is 2.62. The molecular weight excluding hydrogens is 340 g/mol. The Kier molecular flexibility index (Phi) is 5.11. The number of carbonyl (C=O) groups is 1. The molecule has 0 unspecified atom stereocenters. The quantitative estimate of drug-likeness (QED) is 0.661. The van der Waals surface area contributed by atoms with Crippen LogP contribution >= 0.6 is 11.6 Å². The molecule has 1 aromatic heterocycles. The molecular formula is C18H15ClN4O2. The monoisotopic (exact) mass is 354 g/mol. The molecule has 3 aromatic rings. The van der Waals surface area contributed by atoms with E-state index in [1.807, 2.05) is 18.2 Å². The normalized spacial score (nSPS) is 10.2. The van der Waals surface area contributed by atoms with Gasteiger partial charge in [-0.05, 0) is 48.5 Å². The Balaban J connectivity index is 1.72. The first kappa shape index (κ1) is 16.7. The average molecular weight is 355 g/mol. The van der Waals surface area contributed by atoms with Crippen molar-refractivity contribution in [1.82, 2.24) is 9.97 Å². The molecule has 0 aliphatic rings. The number of benzene rings is 2. The molecule has 2 aromatic carbocycles. The van der Waals surface area contributed by atoms with Gasteiger partial charge in [-0.3, -0.25) is 0 Å². The van der Waals surface area contributed by atoms with Crippen LogP contribution in [-0.4, -0.2) is 23.0 Å². The first-order valence-electron chi connectivity index (χ1n) is 7.45. The first-order valence-corrected chi connectivity index (χ1v) is 7.83. The van der Waals surface area contributed by atoms with Gasteiger partial charge in [-0.1, -0.05) is 17.7 Å². The van der Waals surface area contributed by atoms with Gasteiger partial charge in [0.1, 0.15) is 5.82 Å². The number of esters is 1. The number of nitrogens with zero attached hydrogens (tertiary/aromatic N) is 2. The van der Waals surface area contributed by atoms with Crippen molar-refractivity contribution in [2.75, 3.05) is 17.7 Å². The highest BCUT2D eigenvalue weighted by atomic mass is 35.5. The van der Waals surface area contributed by atoms with Crippen molar-refractivity contribution < 1.29 is 9.53 Å². The van der Waals surface area contributed by atoms with Crippen LogP contribution in [0.15, 0.2) is 60.8 Å². The minimum Gasteiger partial charge on any atom is -0.465 e. The molecule has 0 aliphatic carbocycles. The molecule has 1 heterocycles. The van der Waals surface area contributed by atoms with Gasteiger partial charge in [-0.25, -0.2) is 9.78 Å².